The fourth-order valence-corrected chi connectivity index (χ4v) is 17.4. The van der Waals surface area contributed by atoms with Crippen LogP contribution in [0.3, 0.4) is 0 Å². The summed E-state index contributed by atoms with van der Waals surface area (Å²) in [5.41, 5.74) is 4.87. The van der Waals surface area contributed by atoms with E-state index in [1.54, 1.807) is 9.79 Å². The third-order valence-electron chi connectivity index (χ3n) is 10.6. The summed E-state index contributed by atoms with van der Waals surface area (Å²) in [6, 6.07) is 18.1. The van der Waals surface area contributed by atoms with Crippen molar-refractivity contribution in [1.29, 1.82) is 0 Å². The molecule has 6 heteroatoms. The number of benzene rings is 3. The first-order chi connectivity index (χ1) is 17.8. The van der Waals surface area contributed by atoms with Gasteiger partial charge in [-0.15, -0.1) is 0 Å². The summed E-state index contributed by atoms with van der Waals surface area (Å²) in [4.78, 5) is 3.40. The molecule has 0 saturated heterocycles. The standard InChI is InChI=1S/C32H46Br4S2/c1-9-37(7,10-2,11-3)31-21-26(30(36)22-32(31)38(8,12-4,13-5)14-6)25-20-28(34)24(19-29(25)35)23-17-15-16-18-27(23)33/h15-22,37-38H,9-14H2,1-8H3. The molecule has 0 heterocycles. The molecule has 0 spiro atoms. The van der Waals surface area contributed by atoms with E-state index >= 15 is 0 Å². The first-order valence-electron chi connectivity index (χ1n) is 13.9. The normalized spacial score (nSPS) is 14.5. The number of hydrogen-bond acceptors (Lipinski definition) is 0. The molecule has 0 bridgehead atoms. The zero-order chi connectivity index (χ0) is 28.6. The highest BCUT2D eigenvalue weighted by atomic mass is 79.9. The average molecular weight is 814 g/mol. The first kappa shape index (κ1) is 32.8. The number of rotatable bonds is 10. The summed E-state index contributed by atoms with van der Waals surface area (Å²) in [5, 5.41) is 0. The first-order valence-corrected chi connectivity index (χ1v) is 23.5. The van der Waals surface area contributed by atoms with E-state index in [1.807, 2.05) is 0 Å². The van der Waals surface area contributed by atoms with E-state index < -0.39 is 18.3 Å². The molecule has 214 valence electrons. The van der Waals surface area contributed by atoms with Crippen molar-refractivity contribution in [1.82, 2.24) is 0 Å². The van der Waals surface area contributed by atoms with Gasteiger partial charge in [0, 0.05) is 17.9 Å². The van der Waals surface area contributed by atoms with E-state index in [4.69, 9.17) is 0 Å². The summed E-state index contributed by atoms with van der Waals surface area (Å²) in [6.07, 6.45) is 5.34. The topological polar surface area (TPSA) is 0 Å². The van der Waals surface area contributed by atoms with Gasteiger partial charge in [0.05, 0.1) is 0 Å². The molecule has 0 N–H and O–H groups in total. The van der Waals surface area contributed by atoms with Crippen molar-refractivity contribution in [2.45, 2.75) is 51.3 Å². The van der Waals surface area contributed by atoms with Crippen molar-refractivity contribution >= 4 is 82.0 Å². The van der Waals surface area contributed by atoms with Crippen LogP contribution in [0.2, 0.25) is 0 Å². The highest BCUT2D eigenvalue weighted by Crippen LogP contribution is 2.81. The Morgan fingerprint density at radius 2 is 0.789 bits per heavy atom. The number of hydrogen-bond donors (Lipinski definition) is 2. The molecule has 0 aliphatic rings. The molecular formula is C32H46Br4S2. The molecule has 0 radical (unpaired) electrons. The molecule has 0 amide bonds. The summed E-state index contributed by atoms with van der Waals surface area (Å²) in [7, 11) is -4.27. The third kappa shape index (κ3) is 5.42. The fourth-order valence-electron chi connectivity index (χ4n) is 5.88. The van der Waals surface area contributed by atoms with Crippen LogP contribution >= 0.6 is 82.0 Å². The molecule has 0 nitrogen and oxygen atoms in total. The minimum absolute atomic E-state index is 1.10. The summed E-state index contributed by atoms with van der Waals surface area (Å²) < 4.78 is 4.51. The van der Waals surface area contributed by atoms with Gasteiger partial charge in [-0.1, -0.05) is 123 Å². The van der Waals surface area contributed by atoms with Crippen molar-refractivity contribution in [3.8, 4) is 22.3 Å². The fraction of sp³-hybridized carbons (Fsp3) is 0.438. The third-order valence-corrected chi connectivity index (χ3v) is 28.3. The molecule has 3 aromatic carbocycles. The van der Waals surface area contributed by atoms with E-state index in [0.717, 1.165) is 13.4 Å². The van der Waals surface area contributed by atoms with Gasteiger partial charge in [-0.3, -0.25) is 18.3 Å². The predicted molar refractivity (Wildman–Crippen MR) is 198 cm³/mol. The molecular weight excluding hydrogens is 768 g/mol. The van der Waals surface area contributed by atoms with Gasteiger partial charge in [0.1, 0.15) is 0 Å². The highest BCUT2D eigenvalue weighted by molar-refractivity contribution is 9.11. The quantitative estimate of drug-likeness (QED) is 0.187. The summed E-state index contributed by atoms with van der Waals surface area (Å²) in [5.74, 6) is 7.54. The zero-order valence-electron chi connectivity index (χ0n) is 24.3. The molecule has 3 aromatic rings. The maximum Gasteiger partial charge on any atom is 0.0264 e. The lowest BCUT2D eigenvalue weighted by Gasteiger charge is -2.65. The van der Waals surface area contributed by atoms with Crippen molar-refractivity contribution in [2.24, 2.45) is 0 Å². The molecule has 3 rings (SSSR count). The van der Waals surface area contributed by atoms with Gasteiger partial charge in [0.2, 0.25) is 0 Å². The second kappa shape index (κ2) is 11.9. The van der Waals surface area contributed by atoms with Gasteiger partial charge in [0.25, 0.3) is 0 Å². The molecule has 38 heavy (non-hydrogen) atoms. The second-order valence-electron chi connectivity index (χ2n) is 11.6. The van der Waals surface area contributed by atoms with Crippen LogP contribution in [0.15, 0.2) is 76.2 Å². The largest absolute Gasteiger partial charge is 0.264 e. The minimum Gasteiger partial charge on any atom is -0.264 e. The van der Waals surface area contributed by atoms with Gasteiger partial charge in [-0.05, 0) is 109 Å². The molecule has 0 unspecified atom stereocenters. The Hall–Kier alpha value is 0.280. The maximum atomic E-state index is 4.10. The Balaban J connectivity index is 2.44. The molecule has 0 fully saturated rings. The van der Waals surface area contributed by atoms with Crippen LogP contribution in [-0.4, -0.2) is 47.0 Å². The van der Waals surface area contributed by atoms with E-state index in [1.165, 1.54) is 61.2 Å². The van der Waals surface area contributed by atoms with Gasteiger partial charge in [-0.25, -0.2) is 0 Å². The summed E-state index contributed by atoms with van der Waals surface area (Å²) in [6.45, 7) is 14.7. The van der Waals surface area contributed by atoms with Crippen LogP contribution in [0.5, 0.6) is 0 Å². The molecule has 0 aliphatic carbocycles. The molecule has 0 aliphatic heterocycles. The van der Waals surface area contributed by atoms with E-state index in [9.17, 15) is 0 Å². The van der Waals surface area contributed by atoms with E-state index in [0.29, 0.717) is 0 Å². The van der Waals surface area contributed by atoms with E-state index in [-0.39, 0.29) is 0 Å². The Morgan fingerprint density at radius 3 is 1.21 bits per heavy atom. The molecule has 0 aromatic heterocycles. The van der Waals surface area contributed by atoms with Crippen LogP contribution in [0.4, 0.5) is 0 Å². The number of thiol groups is 2. The lowest BCUT2D eigenvalue weighted by molar-refractivity contribution is 1.10. The smallest absolute Gasteiger partial charge is 0.0264 e. The van der Waals surface area contributed by atoms with Gasteiger partial charge in [-0.2, -0.15) is 0 Å². The van der Waals surface area contributed by atoms with E-state index in [2.05, 4.69) is 166 Å². The molecule has 0 atom stereocenters. The Labute approximate surface area is 266 Å². The monoisotopic (exact) mass is 810 g/mol. The van der Waals surface area contributed by atoms with Gasteiger partial charge >= 0.3 is 0 Å². The van der Waals surface area contributed by atoms with Crippen LogP contribution < -0.4 is 0 Å². The van der Waals surface area contributed by atoms with Crippen LogP contribution in [0, 0.1) is 0 Å². The van der Waals surface area contributed by atoms with Crippen molar-refractivity contribution < 1.29 is 0 Å². The van der Waals surface area contributed by atoms with Crippen LogP contribution in [0.25, 0.3) is 22.3 Å². The second-order valence-corrected chi connectivity index (χ2v) is 29.1. The Kier molecular flexibility index (Phi) is 10.2. The number of halogens is 4. The average Bonchev–Trinajstić information content (AvgIpc) is 2.94. The van der Waals surface area contributed by atoms with Crippen molar-refractivity contribution in [3.63, 3.8) is 0 Å². The lowest BCUT2D eigenvalue weighted by Crippen LogP contribution is -2.32. The van der Waals surface area contributed by atoms with Crippen LogP contribution in [0.1, 0.15) is 41.5 Å². The molecule has 0 saturated carbocycles. The minimum atomic E-state index is -2.16. The Bertz CT molecular complexity index is 1320. The maximum absolute atomic E-state index is 4.10. The van der Waals surface area contributed by atoms with Crippen molar-refractivity contribution in [3.05, 3.63) is 66.4 Å². The van der Waals surface area contributed by atoms with Crippen LogP contribution in [-0.2, 0) is 0 Å². The summed E-state index contributed by atoms with van der Waals surface area (Å²) >= 11 is 15.8. The highest BCUT2D eigenvalue weighted by Gasteiger charge is 2.43. The Morgan fingerprint density at radius 1 is 0.447 bits per heavy atom. The zero-order valence-corrected chi connectivity index (χ0v) is 32.4. The van der Waals surface area contributed by atoms with Gasteiger partial charge < -0.3 is 0 Å². The predicted octanol–water partition coefficient (Wildman–Crippen LogP) is 12.3. The van der Waals surface area contributed by atoms with Crippen molar-refractivity contribution in [2.75, 3.05) is 47.0 Å². The lowest BCUT2D eigenvalue weighted by atomic mass is 10.0. The van der Waals surface area contributed by atoms with Gasteiger partial charge in [0.15, 0.2) is 0 Å². The SMILES string of the molecule is CC[SH](C)(CC)(CC)c1cc(Br)c(-c2cc(Br)c(-c3ccccc3Br)cc2Br)cc1[SH](C)(CC)(CC)CC.